The molecular formula is C16H14O8. The van der Waals surface area contributed by atoms with Gasteiger partial charge in [-0.1, -0.05) is 0 Å². The largest absolute Gasteiger partial charge is 0.507 e. The van der Waals surface area contributed by atoms with Gasteiger partial charge in [-0.25, -0.2) is 4.79 Å². The molecule has 2 aliphatic rings. The van der Waals surface area contributed by atoms with Crippen molar-refractivity contribution in [2.45, 2.75) is 19.1 Å². The van der Waals surface area contributed by atoms with Gasteiger partial charge in [-0.15, -0.1) is 0 Å². The summed E-state index contributed by atoms with van der Waals surface area (Å²) in [5, 5.41) is 21.0. The lowest BCUT2D eigenvalue weighted by atomic mass is 9.83. The molecule has 1 aliphatic heterocycles. The molecule has 1 aliphatic carbocycles. The quantitative estimate of drug-likeness (QED) is 0.612. The zero-order valence-corrected chi connectivity index (χ0v) is 13.1. The average Bonchev–Trinajstić information content (AvgIpc) is 2.53. The smallest absolute Gasteiger partial charge is 0.342 e. The van der Waals surface area contributed by atoms with Crippen LogP contribution >= 0.6 is 0 Å². The lowest BCUT2D eigenvalue weighted by Crippen LogP contribution is -2.33. The van der Waals surface area contributed by atoms with Gasteiger partial charge in [0.05, 0.1) is 18.2 Å². The monoisotopic (exact) mass is 334 g/mol. The summed E-state index contributed by atoms with van der Waals surface area (Å²) >= 11 is 0. The van der Waals surface area contributed by atoms with Crippen molar-refractivity contribution >= 4 is 17.5 Å². The van der Waals surface area contributed by atoms with Crippen molar-refractivity contribution in [3.63, 3.8) is 0 Å². The predicted octanol–water partition coefficient (Wildman–Crippen LogP) is 1.25. The fourth-order valence-corrected chi connectivity index (χ4v) is 3.05. The van der Waals surface area contributed by atoms with Gasteiger partial charge < -0.3 is 24.4 Å². The van der Waals surface area contributed by atoms with Crippen LogP contribution in [-0.4, -0.2) is 48.1 Å². The molecule has 126 valence electrons. The van der Waals surface area contributed by atoms with E-state index in [4.69, 9.17) is 14.2 Å². The molecule has 0 spiro atoms. The predicted molar refractivity (Wildman–Crippen MR) is 78.2 cm³/mol. The fraction of sp³-hybridized carbons (Fsp3) is 0.312. The molecule has 3 rings (SSSR count). The van der Waals surface area contributed by atoms with E-state index in [0.717, 1.165) is 6.08 Å². The number of allylic oxidation sites excluding steroid dienone is 2. The molecule has 0 amide bonds. The molecule has 1 aromatic carbocycles. The number of carbonyl (C=O) groups excluding carboxylic acids is 3. The second kappa shape index (κ2) is 5.34. The first-order valence-electron chi connectivity index (χ1n) is 7.03. The van der Waals surface area contributed by atoms with Crippen molar-refractivity contribution in [3.05, 3.63) is 34.1 Å². The minimum Gasteiger partial charge on any atom is -0.507 e. The van der Waals surface area contributed by atoms with E-state index in [9.17, 15) is 24.6 Å². The Hall–Kier alpha value is -2.87. The lowest BCUT2D eigenvalue weighted by Gasteiger charge is -2.32. The number of aromatic hydroxyl groups is 2. The summed E-state index contributed by atoms with van der Waals surface area (Å²) in [6, 6.07) is 0. The number of fused-ring (bicyclic) bond motifs is 2. The topological polar surface area (TPSA) is 119 Å². The van der Waals surface area contributed by atoms with Gasteiger partial charge in [-0.3, -0.25) is 9.59 Å². The van der Waals surface area contributed by atoms with E-state index < -0.39 is 52.4 Å². The van der Waals surface area contributed by atoms with Crippen molar-refractivity contribution in [1.29, 1.82) is 0 Å². The number of phenols is 2. The van der Waals surface area contributed by atoms with Crippen molar-refractivity contribution < 1.29 is 38.8 Å². The Morgan fingerprint density at radius 2 is 1.71 bits per heavy atom. The van der Waals surface area contributed by atoms with Crippen molar-refractivity contribution in [2.24, 2.45) is 0 Å². The van der Waals surface area contributed by atoms with Crippen LogP contribution in [0.3, 0.4) is 0 Å². The Labute approximate surface area is 136 Å². The Morgan fingerprint density at radius 3 is 2.29 bits per heavy atom. The fourth-order valence-electron chi connectivity index (χ4n) is 3.05. The number of Topliss-reactive ketones (excluding diaryl/α,β-unsaturated/α-hetero) is 1. The van der Waals surface area contributed by atoms with Crippen LogP contribution in [0, 0.1) is 0 Å². The number of carbonyl (C=O) groups is 3. The minimum absolute atomic E-state index is 0.0870. The second-order valence-electron chi connectivity index (χ2n) is 5.41. The number of hydrogen-bond acceptors (Lipinski definition) is 8. The van der Waals surface area contributed by atoms with Crippen LogP contribution in [-0.2, 0) is 14.2 Å². The summed E-state index contributed by atoms with van der Waals surface area (Å²) in [5.74, 6) is -4.05. The molecule has 1 heterocycles. The average molecular weight is 334 g/mol. The molecule has 0 bridgehead atoms. The van der Waals surface area contributed by atoms with E-state index in [1.807, 2.05) is 0 Å². The second-order valence-corrected chi connectivity index (χ2v) is 5.41. The maximum Gasteiger partial charge on any atom is 0.342 e. The van der Waals surface area contributed by atoms with Gasteiger partial charge in [0.15, 0.2) is 11.5 Å². The van der Waals surface area contributed by atoms with Crippen LogP contribution in [0.1, 0.15) is 49.7 Å². The zero-order valence-electron chi connectivity index (χ0n) is 13.1. The first-order chi connectivity index (χ1) is 11.3. The number of benzene rings is 1. The van der Waals surface area contributed by atoms with Crippen LogP contribution in [0.2, 0.25) is 0 Å². The Balaban J connectivity index is 2.40. The molecular weight excluding hydrogens is 320 g/mol. The molecule has 0 saturated heterocycles. The maximum atomic E-state index is 12.4. The van der Waals surface area contributed by atoms with Gasteiger partial charge in [0, 0.05) is 18.7 Å². The van der Waals surface area contributed by atoms with E-state index in [-0.39, 0.29) is 16.9 Å². The van der Waals surface area contributed by atoms with Crippen molar-refractivity contribution in [2.75, 3.05) is 14.2 Å². The molecule has 0 radical (unpaired) electrons. The van der Waals surface area contributed by atoms with Crippen molar-refractivity contribution in [3.8, 4) is 11.5 Å². The number of cyclic esters (lactones) is 1. The highest BCUT2D eigenvalue weighted by Crippen LogP contribution is 2.47. The molecule has 1 aromatic rings. The third kappa shape index (κ3) is 1.93. The van der Waals surface area contributed by atoms with Gasteiger partial charge in [0.2, 0.25) is 5.78 Å². The highest BCUT2D eigenvalue weighted by atomic mass is 16.6. The molecule has 0 unspecified atom stereocenters. The first kappa shape index (κ1) is 16.0. The van der Waals surface area contributed by atoms with Gasteiger partial charge in [0.25, 0.3) is 0 Å². The molecule has 8 nitrogen and oxygen atoms in total. The molecule has 2 N–H and O–H groups in total. The summed E-state index contributed by atoms with van der Waals surface area (Å²) in [4.78, 5) is 36.8. The van der Waals surface area contributed by atoms with E-state index in [2.05, 4.69) is 0 Å². The number of esters is 1. The van der Waals surface area contributed by atoms with Crippen LogP contribution < -0.4 is 0 Å². The molecule has 8 heteroatoms. The standard InChI is InChI=1S/C16H14O8/c1-5-15(23-3)10-11(16(21)24-5)13(19)8-6(17)4-7(22-2)12(18)9(8)14(10)20/h4-5,15,19-20H,1-3H3/t5-,15+/m0/s1. The number of methoxy groups -OCH3 is 2. The maximum absolute atomic E-state index is 12.4. The van der Waals surface area contributed by atoms with Gasteiger partial charge >= 0.3 is 5.97 Å². The van der Waals surface area contributed by atoms with Gasteiger partial charge in [-0.2, -0.15) is 0 Å². The Bertz CT molecular complexity index is 820. The van der Waals surface area contributed by atoms with Crippen molar-refractivity contribution in [1.82, 2.24) is 0 Å². The summed E-state index contributed by atoms with van der Waals surface area (Å²) in [6.07, 6.45) is -0.778. The van der Waals surface area contributed by atoms with Crippen LogP contribution in [0.5, 0.6) is 11.5 Å². The summed E-state index contributed by atoms with van der Waals surface area (Å²) in [7, 11) is 2.53. The normalized spacial score (nSPS) is 22.5. The number of ketones is 2. The first-order valence-corrected chi connectivity index (χ1v) is 7.03. The summed E-state index contributed by atoms with van der Waals surface area (Å²) in [5.41, 5.74) is -1.35. The van der Waals surface area contributed by atoms with Crippen LogP contribution in [0.15, 0.2) is 11.8 Å². The summed E-state index contributed by atoms with van der Waals surface area (Å²) < 4.78 is 15.1. The third-order valence-electron chi connectivity index (χ3n) is 4.13. The highest BCUT2D eigenvalue weighted by molar-refractivity contribution is 6.27. The van der Waals surface area contributed by atoms with Crippen LogP contribution in [0.4, 0.5) is 0 Å². The minimum atomic E-state index is -0.914. The molecule has 24 heavy (non-hydrogen) atoms. The zero-order chi connectivity index (χ0) is 17.8. The van der Waals surface area contributed by atoms with E-state index in [0.29, 0.717) is 0 Å². The van der Waals surface area contributed by atoms with E-state index in [1.165, 1.54) is 14.2 Å². The lowest BCUT2D eigenvalue weighted by molar-refractivity contribution is -0.0403. The van der Waals surface area contributed by atoms with Gasteiger partial charge in [-0.05, 0) is 6.92 Å². The molecule has 0 aromatic heterocycles. The molecule has 0 saturated carbocycles. The molecule has 0 fully saturated rings. The molecule has 2 atom stereocenters. The van der Waals surface area contributed by atoms with Gasteiger partial charge in [0.1, 0.15) is 29.3 Å². The number of phenolic OH excluding ortho intramolecular Hbond substituents is 2. The van der Waals surface area contributed by atoms with E-state index in [1.54, 1.807) is 6.92 Å². The Morgan fingerprint density at radius 1 is 1.04 bits per heavy atom. The van der Waals surface area contributed by atoms with E-state index >= 15 is 0 Å². The third-order valence-corrected chi connectivity index (χ3v) is 4.13. The highest BCUT2D eigenvalue weighted by Gasteiger charge is 2.44. The number of hydrogen-bond donors (Lipinski definition) is 2. The Kier molecular flexibility index (Phi) is 3.56. The van der Waals surface area contributed by atoms with Crippen LogP contribution in [0.25, 0.3) is 0 Å². The number of rotatable bonds is 2. The summed E-state index contributed by atoms with van der Waals surface area (Å²) in [6.45, 7) is 1.54. The SMILES string of the molecule is COC1=CC(=O)c2c(O)c3c(c(O)c2C1=O)[C@H](OC)[C@H](C)OC3=O. The number of ether oxygens (including phenoxy) is 3.